The van der Waals surface area contributed by atoms with E-state index in [0.29, 0.717) is 12.0 Å². The summed E-state index contributed by atoms with van der Waals surface area (Å²) in [4.78, 5) is 11.6. The zero-order chi connectivity index (χ0) is 14.9. The monoisotopic (exact) mass is 284 g/mol. The number of carbonyl (C=O) groups excluding carboxylic acids is 1. The highest BCUT2D eigenvalue weighted by Crippen LogP contribution is 2.15. The Morgan fingerprint density at radius 3 is 2.29 bits per heavy atom. The maximum Gasteiger partial charge on any atom is 0.310 e. The van der Waals surface area contributed by atoms with Crippen LogP contribution in [0.25, 0.3) is 5.83 Å². The average Bonchev–Trinajstić information content (AvgIpc) is 2.53. The Morgan fingerprint density at radius 1 is 1.00 bits per heavy atom. The summed E-state index contributed by atoms with van der Waals surface area (Å²) in [6.07, 6.45) is 2.04. The van der Waals surface area contributed by atoms with Gasteiger partial charge in [0.05, 0.1) is 13.0 Å². The van der Waals surface area contributed by atoms with Crippen molar-refractivity contribution in [3.05, 3.63) is 77.9 Å². The van der Waals surface area contributed by atoms with E-state index in [-0.39, 0.29) is 24.8 Å². The maximum absolute atomic E-state index is 13.7. The second kappa shape index (κ2) is 8.00. The molecule has 0 aromatic heterocycles. The van der Waals surface area contributed by atoms with Crippen molar-refractivity contribution in [1.82, 2.24) is 0 Å². The molecular formula is C18H17FO2. The molecule has 0 unspecified atom stereocenters. The topological polar surface area (TPSA) is 26.3 Å². The third kappa shape index (κ3) is 5.22. The Balaban J connectivity index is 1.73. The molecular weight excluding hydrogens is 267 g/mol. The van der Waals surface area contributed by atoms with Crippen molar-refractivity contribution in [2.75, 3.05) is 6.61 Å². The Morgan fingerprint density at radius 2 is 1.62 bits per heavy atom. The van der Waals surface area contributed by atoms with Crippen LogP contribution in [0.2, 0.25) is 0 Å². The van der Waals surface area contributed by atoms with Crippen LogP contribution < -0.4 is 0 Å². The van der Waals surface area contributed by atoms with E-state index in [1.54, 1.807) is 24.3 Å². The molecule has 21 heavy (non-hydrogen) atoms. The van der Waals surface area contributed by atoms with Crippen LogP contribution in [-0.4, -0.2) is 12.6 Å². The second-order valence-electron chi connectivity index (χ2n) is 4.59. The van der Waals surface area contributed by atoms with Gasteiger partial charge in [0.25, 0.3) is 0 Å². The fraction of sp³-hybridized carbons (Fsp3) is 0.167. The molecule has 2 aromatic carbocycles. The molecule has 0 bridgehead atoms. The van der Waals surface area contributed by atoms with Crippen LogP contribution in [0.15, 0.2) is 66.7 Å². The SMILES string of the molecule is O=C(Cc1ccccc1)OCC/C=C(\F)c1ccccc1. The van der Waals surface area contributed by atoms with Gasteiger partial charge in [-0.15, -0.1) is 0 Å². The zero-order valence-electron chi connectivity index (χ0n) is 11.7. The molecule has 0 radical (unpaired) electrons. The Bertz CT molecular complexity index is 591. The van der Waals surface area contributed by atoms with E-state index in [2.05, 4.69) is 0 Å². The summed E-state index contributed by atoms with van der Waals surface area (Å²) in [5, 5.41) is 0. The summed E-state index contributed by atoms with van der Waals surface area (Å²) in [6.45, 7) is 0.186. The first-order valence-corrected chi connectivity index (χ1v) is 6.86. The molecule has 2 rings (SSSR count). The van der Waals surface area contributed by atoms with Crippen molar-refractivity contribution in [3.63, 3.8) is 0 Å². The van der Waals surface area contributed by atoms with E-state index < -0.39 is 0 Å². The van der Waals surface area contributed by atoms with Crippen LogP contribution in [-0.2, 0) is 16.0 Å². The van der Waals surface area contributed by atoms with Gasteiger partial charge in [0.15, 0.2) is 0 Å². The molecule has 0 heterocycles. The lowest BCUT2D eigenvalue weighted by atomic mass is 10.1. The van der Waals surface area contributed by atoms with Crippen LogP contribution in [0.4, 0.5) is 4.39 Å². The van der Waals surface area contributed by atoms with Crippen LogP contribution in [0.5, 0.6) is 0 Å². The first-order chi connectivity index (χ1) is 10.3. The fourth-order valence-electron chi connectivity index (χ4n) is 1.89. The van der Waals surface area contributed by atoms with Gasteiger partial charge < -0.3 is 4.74 Å². The summed E-state index contributed by atoms with van der Waals surface area (Å²) in [5.74, 6) is -0.593. The van der Waals surface area contributed by atoms with Gasteiger partial charge in [0, 0.05) is 12.0 Å². The van der Waals surface area contributed by atoms with E-state index in [0.717, 1.165) is 5.56 Å². The lowest BCUT2D eigenvalue weighted by Crippen LogP contribution is -2.08. The van der Waals surface area contributed by atoms with Crippen molar-refractivity contribution < 1.29 is 13.9 Å². The molecule has 2 nitrogen and oxygen atoms in total. The van der Waals surface area contributed by atoms with Gasteiger partial charge in [0.1, 0.15) is 5.83 Å². The highest BCUT2D eigenvalue weighted by atomic mass is 19.1. The minimum absolute atomic E-state index is 0.186. The Kier molecular flexibility index (Phi) is 5.71. The fourth-order valence-corrected chi connectivity index (χ4v) is 1.89. The molecule has 3 heteroatoms. The van der Waals surface area contributed by atoms with Crippen molar-refractivity contribution in [2.24, 2.45) is 0 Å². The predicted molar refractivity (Wildman–Crippen MR) is 81.2 cm³/mol. The lowest BCUT2D eigenvalue weighted by Gasteiger charge is -2.03. The summed E-state index contributed by atoms with van der Waals surface area (Å²) >= 11 is 0. The maximum atomic E-state index is 13.7. The van der Waals surface area contributed by atoms with Crippen LogP contribution >= 0.6 is 0 Å². The normalized spacial score (nSPS) is 11.2. The Labute approximate surface area is 123 Å². The molecule has 0 aliphatic rings. The smallest absolute Gasteiger partial charge is 0.310 e. The van der Waals surface area contributed by atoms with Crippen LogP contribution in [0.1, 0.15) is 17.5 Å². The largest absolute Gasteiger partial charge is 0.465 e. The van der Waals surface area contributed by atoms with Crippen molar-refractivity contribution in [1.29, 1.82) is 0 Å². The van der Waals surface area contributed by atoms with Crippen LogP contribution in [0.3, 0.4) is 0 Å². The number of halogens is 1. The lowest BCUT2D eigenvalue weighted by molar-refractivity contribution is -0.142. The van der Waals surface area contributed by atoms with Gasteiger partial charge in [0.2, 0.25) is 0 Å². The first-order valence-electron chi connectivity index (χ1n) is 6.86. The number of rotatable bonds is 6. The molecule has 0 aliphatic heterocycles. The van der Waals surface area contributed by atoms with Gasteiger partial charge in [-0.25, -0.2) is 4.39 Å². The molecule has 0 saturated carbocycles. The molecule has 0 spiro atoms. The van der Waals surface area contributed by atoms with E-state index >= 15 is 0 Å². The van der Waals surface area contributed by atoms with E-state index in [1.165, 1.54) is 6.08 Å². The minimum Gasteiger partial charge on any atom is -0.465 e. The highest BCUT2D eigenvalue weighted by molar-refractivity contribution is 5.72. The van der Waals surface area contributed by atoms with Crippen LogP contribution in [0, 0.1) is 0 Å². The molecule has 0 atom stereocenters. The number of hydrogen-bond acceptors (Lipinski definition) is 2. The quantitative estimate of drug-likeness (QED) is 0.588. The number of carbonyl (C=O) groups is 1. The van der Waals surface area contributed by atoms with Gasteiger partial charge >= 0.3 is 5.97 Å². The van der Waals surface area contributed by atoms with E-state index in [4.69, 9.17) is 4.74 Å². The van der Waals surface area contributed by atoms with E-state index in [1.807, 2.05) is 36.4 Å². The average molecular weight is 284 g/mol. The highest BCUT2D eigenvalue weighted by Gasteiger charge is 2.04. The van der Waals surface area contributed by atoms with Gasteiger partial charge in [-0.2, -0.15) is 0 Å². The molecule has 0 N–H and O–H groups in total. The number of hydrogen-bond donors (Lipinski definition) is 0. The third-order valence-corrected chi connectivity index (χ3v) is 2.95. The minimum atomic E-state index is -0.297. The van der Waals surface area contributed by atoms with Crippen molar-refractivity contribution >= 4 is 11.8 Å². The second-order valence-corrected chi connectivity index (χ2v) is 4.59. The summed E-state index contributed by atoms with van der Waals surface area (Å²) in [7, 11) is 0. The van der Waals surface area contributed by atoms with Crippen molar-refractivity contribution in [2.45, 2.75) is 12.8 Å². The van der Waals surface area contributed by atoms with Gasteiger partial charge in [-0.1, -0.05) is 60.7 Å². The molecule has 0 amide bonds. The molecule has 0 aliphatic carbocycles. The first kappa shape index (κ1) is 15.0. The van der Waals surface area contributed by atoms with E-state index in [9.17, 15) is 9.18 Å². The molecule has 0 saturated heterocycles. The Hall–Kier alpha value is -2.42. The van der Waals surface area contributed by atoms with Gasteiger partial charge in [-0.05, 0) is 11.6 Å². The summed E-state index contributed by atoms with van der Waals surface area (Å²) in [6, 6.07) is 18.2. The number of benzene rings is 2. The third-order valence-electron chi connectivity index (χ3n) is 2.95. The van der Waals surface area contributed by atoms with Crippen molar-refractivity contribution in [3.8, 4) is 0 Å². The number of ether oxygens (including phenoxy) is 1. The zero-order valence-corrected chi connectivity index (χ0v) is 11.7. The van der Waals surface area contributed by atoms with Gasteiger partial charge in [-0.3, -0.25) is 4.79 Å². The summed E-state index contributed by atoms with van der Waals surface area (Å²) < 4.78 is 18.8. The predicted octanol–water partition coefficient (Wildman–Crippen LogP) is 4.17. The molecule has 0 fully saturated rings. The molecule has 2 aromatic rings. The molecule has 108 valence electrons. The standard InChI is InChI=1S/C18H17FO2/c19-17(16-10-5-2-6-11-16)12-7-13-21-18(20)14-15-8-3-1-4-9-15/h1-6,8-12H,7,13-14H2/b17-12-. The summed E-state index contributed by atoms with van der Waals surface area (Å²) in [5.41, 5.74) is 1.45. The number of esters is 1.